The van der Waals surface area contributed by atoms with Gasteiger partial charge < -0.3 is 20.0 Å². The first-order chi connectivity index (χ1) is 13.9. The number of H-pyrrole nitrogens is 1. The molecular formula is C22H27BN4O2. The minimum absolute atomic E-state index is 0.0454. The average molecular weight is 390 g/mol. The van der Waals surface area contributed by atoms with Gasteiger partial charge in [-0.1, -0.05) is 0 Å². The van der Waals surface area contributed by atoms with E-state index >= 15 is 0 Å². The number of hydrogen-bond acceptors (Lipinski definition) is 5. The third kappa shape index (κ3) is 1.83. The molecule has 7 heteroatoms. The molecule has 5 aliphatic carbocycles. The zero-order valence-corrected chi connectivity index (χ0v) is 17.0. The number of nitrogens with one attached hydrogen (secondary N) is 1. The first-order valence-electron chi connectivity index (χ1n) is 11.1. The monoisotopic (exact) mass is 390 g/mol. The van der Waals surface area contributed by atoms with Crippen LogP contribution >= 0.6 is 0 Å². The quantitative estimate of drug-likeness (QED) is 0.685. The molecule has 1 spiro atoms. The molecule has 0 aromatic carbocycles. The Labute approximate surface area is 170 Å². The number of aromatic nitrogens is 2. The van der Waals surface area contributed by atoms with Gasteiger partial charge in [0.25, 0.3) is 0 Å². The number of rotatable bonds is 2. The average Bonchev–Trinajstić information content (AvgIpc) is 3.06. The SMILES string of the molecule is CC(C)N1N=C([C@@]23CC24CC2CC3C[C@@](O)(C2)C4)c2c(cnc3[nH]ccc23)B1O. The molecule has 3 heterocycles. The Hall–Kier alpha value is -1.86. The van der Waals surface area contributed by atoms with Crippen LogP contribution in [0, 0.1) is 22.7 Å². The van der Waals surface area contributed by atoms with E-state index in [0.717, 1.165) is 53.5 Å². The standard InChI is InChI=1S/C22H27BN4O2/c1-12(2)27-23(29)16-9-25-19-15(3-4-24-19)17(16)18(26-27)22-11-20(22)6-13-5-14(22)8-21(28,7-13)10-20/h3-4,9,12-14,28-29H,5-8,10-11H2,1-2H3,(H,24,25)/t13?,14?,20?,21-,22-/m0/s1. The van der Waals surface area contributed by atoms with Crippen molar-refractivity contribution >= 4 is 29.3 Å². The molecule has 6 aliphatic rings. The molecule has 0 amide bonds. The Bertz CT molecular complexity index is 1100. The van der Waals surface area contributed by atoms with Crippen LogP contribution in [0.4, 0.5) is 0 Å². The molecule has 0 radical (unpaired) electrons. The molecule has 6 nitrogen and oxygen atoms in total. The highest BCUT2D eigenvalue weighted by Crippen LogP contribution is 2.84. The summed E-state index contributed by atoms with van der Waals surface area (Å²) in [6.45, 7) is 4.16. The minimum Gasteiger partial charge on any atom is -0.428 e. The van der Waals surface area contributed by atoms with Gasteiger partial charge in [0.2, 0.25) is 0 Å². The van der Waals surface area contributed by atoms with E-state index in [4.69, 9.17) is 5.10 Å². The van der Waals surface area contributed by atoms with Crippen LogP contribution in [0.1, 0.15) is 57.9 Å². The summed E-state index contributed by atoms with van der Waals surface area (Å²) < 4.78 is 0. The summed E-state index contributed by atoms with van der Waals surface area (Å²) in [4.78, 5) is 9.67. The van der Waals surface area contributed by atoms with Gasteiger partial charge in [0, 0.05) is 40.3 Å². The lowest BCUT2D eigenvalue weighted by Gasteiger charge is -2.58. The minimum atomic E-state index is -0.771. The van der Waals surface area contributed by atoms with Gasteiger partial charge in [-0.15, -0.1) is 0 Å². The lowest BCUT2D eigenvalue weighted by molar-refractivity contribution is -0.138. The number of aromatic amines is 1. The van der Waals surface area contributed by atoms with Crippen molar-refractivity contribution in [3.63, 3.8) is 0 Å². The van der Waals surface area contributed by atoms with Gasteiger partial charge in [0.05, 0.1) is 11.3 Å². The van der Waals surface area contributed by atoms with Crippen LogP contribution in [-0.2, 0) is 0 Å². The predicted molar refractivity (Wildman–Crippen MR) is 112 cm³/mol. The van der Waals surface area contributed by atoms with E-state index < -0.39 is 12.7 Å². The van der Waals surface area contributed by atoms with E-state index in [1.54, 1.807) is 0 Å². The summed E-state index contributed by atoms with van der Waals surface area (Å²) in [6.07, 6.45) is 10.2. The molecule has 1 aliphatic heterocycles. The van der Waals surface area contributed by atoms with Crippen LogP contribution in [-0.4, -0.2) is 49.4 Å². The first-order valence-corrected chi connectivity index (χ1v) is 11.1. The summed E-state index contributed by atoms with van der Waals surface area (Å²) in [7, 11) is -0.771. The molecule has 0 saturated heterocycles. The molecular weight excluding hydrogens is 363 g/mol. The van der Waals surface area contributed by atoms with E-state index in [-0.39, 0.29) is 16.9 Å². The van der Waals surface area contributed by atoms with Gasteiger partial charge in [0.15, 0.2) is 0 Å². The van der Waals surface area contributed by atoms with Gasteiger partial charge in [-0.3, -0.25) is 0 Å². The summed E-state index contributed by atoms with van der Waals surface area (Å²) in [6, 6.07) is 2.17. The highest BCUT2D eigenvalue weighted by molar-refractivity contribution is 6.66. The largest absolute Gasteiger partial charge is 0.468 e. The lowest BCUT2D eigenvalue weighted by Crippen LogP contribution is -2.60. The Kier molecular flexibility index (Phi) is 2.85. The highest BCUT2D eigenvalue weighted by Gasteiger charge is 2.81. The predicted octanol–water partition coefficient (Wildman–Crippen LogP) is 2.01. The molecule has 150 valence electrons. The second kappa shape index (κ2) is 4.89. The molecule has 5 saturated carbocycles. The molecule has 8 rings (SSSR count). The number of hydrazone groups is 1. The van der Waals surface area contributed by atoms with Gasteiger partial charge in [0.1, 0.15) is 5.65 Å². The summed E-state index contributed by atoms with van der Waals surface area (Å²) in [5.41, 5.74) is 3.77. The van der Waals surface area contributed by atoms with E-state index in [1.165, 1.54) is 12.8 Å². The second-order valence-corrected chi connectivity index (χ2v) is 10.9. The summed E-state index contributed by atoms with van der Waals surface area (Å²) in [5, 5.41) is 28.6. The first kappa shape index (κ1) is 16.9. The van der Waals surface area contributed by atoms with E-state index in [1.807, 2.05) is 17.3 Å². The van der Waals surface area contributed by atoms with Crippen molar-refractivity contribution in [2.45, 2.75) is 64.0 Å². The maximum absolute atomic E-state index is 11.2. The van der Waals surface area contributed by atoms with Gasteiger partial charge in [-0.05, 0) is 75.7 Å². The van der Waals surface area contributed by atoms with Crippen LogP contribution in [0.15, 0.2) is 23.6 Å². The molecule has 2 aromatic rings. The summed E-state index contributed by atoms with van der Waals surface area (Å²) >= 11 is 0. The van der Waals surface area contributed by atoms with E-state index in [9.17, 15) is 10.1 Å². The number of nitrogens with zero attached hydrogens (tertiary/aromatic N) is 3. The van der Waals surface area contributed by atoms with Crippen molar-refractivity contribution in [2.75, 3.05) is 0 Å². The number of fused-ring (bicyclic) bond motifs is 3. The van der Waals surface area contributed by atoms with Crippen molar-refractivity contribution in [1.29, 1.82) is 0 Å². The third-order valence-electron chi connectivity index (χ3n) is 8.94. The Morgan fingerprint density at radius 1 is 1.28 bits per heavy atom. The topological polar surface area (TPSA) is 84.7 Å². The fraction of sp³-hybridized carbons (Fsp3) is 0.636. The maximum Gasteiger partial charge on any atom is 0.468 e. The Morgan fingerprint density at radius 2 is 2.14 bits per heavy atom. The van der Waals surface area contributed by atoms with Crippen LogP contribution in [0.2, 0.25) is 0 Å². The zero-order chi connectivity index (χ0) is 19.8. The van der Waals surface area contributed by atoms with Crippen LogP contribution < -0.4 is 5.46 Å². The van der Waals surface area contributed by atoms with Crippen molar-refractivity contribution in [1.82, 2.24) is 14.9 Å². The van der Waals surface area contributed by atoms with Crippen LogP contribution in [0.3, 0.4) is 0 Å². The molecule has 4 bridgehead atoms. The fourth-order valence-electron chi connectivity index (χ4n) is 8.20. The van der Waals surface area contributed by atoms with Gasteiger partial charge in [-0.25, -0.2) is 4.98 Å². The Morgan fingerprint density at radius 3 is 2.90 bits per heavy atom. The Balaban J connectivity index is 1.48. The molecule has 2 aromatic heterocycles. The normalized spacial score (nSPS) is 41.8. The fourth-order valence-corrected chi connectivity index (χ4v) is 8.20. The van der Waals surface area contributed by atoms with Gasteiger partial charge >= 0.3 is 7.05 Å². The molecule has 29 heavy (non-hydrogen) atoms. The lowest BCUT2D eigenvalue weighted by atomic mass is 9.48. The van der Waals surface area contributed by atoms with Crippen molar-refractivity contribution in [3.8, 4) is 0 Å². The number of pyridine rings is 1. The van der Waals surface area contributed by atoms with Crippen molar-refractivity contribution in [3.05, 3.63) is 24.0 Å². The van der Waals surface area contributed by atoms with E-state index in [2.05, 4.69) is 29.9 Å². The van der Waals surface area contributed by atoms with Crippen LogP contribution in [0.5, 0.6) is 0 Å². The maximum atomic E-state index is 11.2. The highest BCUT2D eigenvalue weighted by atomic mass is 16.3. The van der Waals surface area contributed by atoms with E-state index in [0.29, 0.717) is 11.8 Å². The van der Waals surface area contributed by atoms with Crippen molar-refractivity contribution < 1.29 is 10.1 Å². The molecule has 3 unspecified atom stereocenters. The summed E-state index contributed by atoms with van der Waals surface area (Å²) in [5.74, 6) is 1.16. The molecule has 5 atom stereocenters. The van der Waals surface area contributed by atoms with Gasteiger partial charge in [-0.2, -0.15) is 5.10 Å². The molecule has 5 fully saturated rings. The zero-order valence-electron chi connectivity index (χ0n) is 17.0. The third-order valence-corrected chi connectivity index (χ3v) is 8.94. The second-order valence-electron chi connectivity index (χ2n) is 10.9. The molecule has 3 N–H and O–H groups in total. The van der Waals surface area contributed by atoms with Crippen LogP contribution in [0.25, 0.3) is 11.0 Å². The number of hydrogen-bond donors (Lipinski definition) is 3. The number of aliphatic hydroxyl groups is 1. The smallest absolute Gasteiger partial charge is 0.428 e. The van der Waals surface area contributed by atoms with Crippen molar-refractivity contribution in [2.24, 2.45) is 27.8 Å².